The molecule has 1 aliphatic heterocycles. The molecule has 24 heavy (non-hydrogen) atoms. The Labute approximate surface area is 143 Å². The summed E-state index contributed by atoms with van der Waals surface area (Å²) in [6.45, 7) is 7.03. The van der Waals surface area contributed by atoms with Gasteiger partial charge in [0.1, 0.15) is 5.69 Å². The van der Waals surface area contributed by atoms with Crippen molar-refractivity contribution >= 4 is 10.9 Å². The number of hydrogen-bond acceptors (Lipinski definition) is 1. The van der Waals surface area contributed by atoms with Crippen LogP contribution in [-0.2, 0) is 0 Å². The first-order valence-corrected chi connectivity index (χ1v) is 9.06. The number of fused-ring (bicyclic) bond motifs is 1. The van der Waals surface area contributed by atoms with Crippen molar-refractivity contribution in [3.8, 4) is 0 Å². The second-order valence-electron chi connectivity index (χ2n) is 7.24. The normalized spacial score (nSPS) is 22.6. The lowest BCUT2D eigenvalue weighted by molar-refractivity contribution is -0.931. The van der Waals surface area contributed by atoms with Gasteiger partial charge in [0.15, 0.2) is 6.04 Å². The van der Waals surface area contributed by atoms with Gasteiger partial charge in [-0.3, -0.25) is 4.98 Å². The highest BCUT2D eigenvalue weighted by Gasteiger charge is 2.33. The molecule has 1 fully saturated rings. The summed E-state index contributed by atoms with van der Waals surface area (Å²) in [5, 5.41) is 1.34. The zero-order valence-corrected chi connectivity index (χ0v) is 14.5. The highest BCUT2D eigenvalue weighted by Crippen LogP contribution is 2.30. The number of H-pyrrole nitrogens is 1. The first-order chi connectivity index (χ1) is 11.7. The molecule has 3 heterocycles. The van der Waals surface area contributed by atoms with Crippen LogP contribution in [0.3, 0.4) is 0 Å². The zero-order chi connectivity index (χ0) is 16.5. The van der Waals surface area contributed by atoms with E-state index in [1.165, 1.54) is 53.8 Å². The molecule has 0 amide bonds. The molecule has 1 saturated heterocycles. The smallest absolute Gasteiger partial charge is 0.158 e. The molecule has 4 rings (SSSR count). The third-order valence-electron chi connectivity index (χ3n) is 5.54. The summed E-state index contributed by atoms with van der Waals surface area (Å²) < 4.78 is 0. The molecule has 0 bridgehead atoms. The number of benzene rings is 1. The second kappa shape index (κ2) is 6.40. The molecule has 1 aliphatic rings. The summed E-state index contributed by atoms with van der Waals surface area (Å²) in [4.78, 5) is 9.98. The minimum atomic E-state index is 0.315. The maximum atomic E-state index is 4.74. The molecular formula is C21H26N3+. The van der Waals surface area contributed by atoms with Crippen LogP contribution >= 0.6 is 0 Å². The van der Waals surface area contributed by atoms with Crippen molar-refractivity contribution in [3.63, 3.8) is 0 Å². The number of para-hydroxylation sites is 1. The van der Waals surface area contributed by atoms with Crippen molar-refractivity contribution < 1.29 is 4.90 Å². The van der Waals surface area contributed by atoms with E-state index in [4.69, 9.17) is 4.98 Å². The number of nitrogens with one attached hydrogen (secondary N) is 2. The van der Waals surface area contributed by atoms with E-state index in [1.54, 1.807) is 4.90 Å². The molecule has 2 aromatic heterocycles. The zero-order valence-electron chi connectivity index (χ0n) is 14.5. The van der Waals surface area contributed by atoms with Crippen LogP contribution in [0.5, 0.6) is 0 Å². The highest BCUT2D eigenvalue weighted by atomic mass is 15.2. The van der Waals surface area contributed by atoms with Gasteiger partial charge in [0.05, 0.1) is 13.1 Å². The van der Waals surface area contributed by atoms with Gasteiger partial charge in [-0.2, -0.15) is 0 Å². The molecule has 2 N–H and O–H groups in total. The van der Waals surface area contributed by atoms with Gasteiger partial charge >= 0.3 is 0 Å². The predicted octanol–water partition coefficient (Wildman–Crippen LogP) is 3.28. The third-order valence-corrected chi connectivity index (χ3v) is 5.54. The number of rotatable bonds is 3. The Bertz CT molecular complexity index is 813. The highest BCUT2D eigenvalue weighted by molar-refractivity contribution is 5.85. The summed E-state index contributed by atoms with van der Waals surface area (Å²) in [5.74, 6) is 0.849. The van der Waals surface area contributed by atoms with Crippen LogP contribution < -0.4 is 4.90 Å². The van der Waals surface area contributed by atoms with E-state index in [2.05, 4.69) is 55.2 Å². The fraction of sp³-hybridized carbons (Fsp3) is 0.381. The van der Waals surface area contributed by atoms with Crippen LogP contribution in [0.15, 0.2) is 48.7 Å². The van der Waals surface area contributed by atoms with Gasteiger partial charge in [-0.15, -0.1) is 0 Å². The number of piperidine rings is 1. The van der Waals surface area contributed by atoms with Crippen LogP contribution in [0.25, 0.3) is 10.9 Å². The number of aromatic nitrogens is 2. The average Bonchev–Trinajstić information content (AvgIpc) is 2.94. The number of pyridine rings is 1. The van der Waals surface area contributed by atoms with Gasteiger partial charge in [-0.25, -0.2) is 0 Å². The Kier molecular flexibility index (Phi) is 4.11. The molecule has 0 unspecified atom stereocenters. The van der Waals surface area contributed by atoms with Crippen molar-refractivity contribution in [3.05, 3.63) is 65.6 Å². The van der Waals surface area contributed by atoms with Crippen molar-refractivity contribution in [2.45, 2.75) is 32.7 Å². The molecular weight excluding hydrogens is 294 g/mol. The van der Waals surface area contributed by atoms with Gasteiger partial charge in [-0.1, -0.05) is 31.2 Å². The summed E-state index contributed by atoms with van der Waals surface area (Å²) in [6, 6.07) is 15.3. The molecule has 1 aromatic carbocycles. The van der Waals surface area contributed by atoms with E-state index in [0.717, 1.165) is 5.92 Å². The maximum absolute atomic E-state index is 4.74. The summed E-state index contributed by atoms with van der Waals surface area (Å²) in [5.41, 5.74) is 5.12. The molecule has 0 aliphatic carbocycles. The number of likely N-dealkylation sites (tertiary alicyclic amines) is 1. The van der Waals surface area contributed by atoms with Crippen LogP contribution in [-0.4, -0.2) is 23.1 Å². The second-order valence-corrected chi connectivity index (χ2v) is 7.24. The lowest BCUT2D eigenvalue weighted by atomic mass is 9.93. The first kappa shape index (κ1) is 15.4. The van der Waals surface area contributed by atoms with Crippen molar-refractivity contribution in [1.29, 1.82) is 0 Å². The average molecular weight is 320 g/mol. The summed E-state index contributed by atoms with van der Waals surface area (Å²) >= 11 is 0. The predicted molar refractivity (Wildman–Crippen MR) is 98.2 cm³/mol. The van der Waals surface area contributed by atoms with E-state index >= 15 is 0 Å². The molecule has 3 nitrogen and oxygen atoms in total. The van der Waals surface area contributed by atoms with Gasteiger partial charge in [-0.05, 0) is 43.9 Å². The SMILES string of the molecule is Cc1[nH]c2ccccc2c1[C@@H](c1ccccn1)[NH+]1CCC(C)CC1. The van der Waals surface area contributed by atoms with Gasteiger partial charge in [0.2, 0.25) is 0 Å². The van der Waals surface area contributed by atoms with Crippen LogP contribution in [0.1, 0.15) is 42.8 Å². The standard InChI is InChI=1S/C21H25N3/c1-15-10-13-24(14-11-15)21(19-9-5-6-12-22-19)20-16(2)23-18-8-4-3-7-17(18)20/h3-9,12,15,21,23H,10-11,13-14H2,1-2H3/p+1/t21-/m1/s1. The molecule has 0 radical (unpaired) electrons. The van der Waals surface area contributed by atoms with Gasteiger partial charge < -0.3 is 9.88 Å². The minimum Gasteiger partial charge on any atom is -0.358 e. The summed E-state index contributed by atoms with van der Waals surface area (Å²) in [6.07, 6.45) is 4.54. The number of aryl methyl sites for hydroxylation is 1. The quantitative estimate of drug-likeness (QED) is 0.763. The van der Waals surface area contributed by atoms with Crippen LogP contribution in [0, 0.1) is 12.8 Å². The van der Waals surface area contributed by atoms with E-state index in [0.29, 0.717) is 6.04 Å². The number of nitrogens with zero attached hydrogens (tertiary/aromatic N) is 1. The largest absolute Gasteiger partial charge is 0.358 e. The third kappa shape index (κ3) is 2.73. The van der Waals surface area contributed by atoms with Crippen LogP contribution in [0.4, 0.5) is 0 Å². The first-order valence-electron chi connectivity index (χ1n) is 9.06. The lowest BCUT2D eigenvalue weighted by Gasteiger charge is -2.33. The molecule has 0 saturated carbocycles. The Balaban J connectivity index is 1.84. The fourth-order valence-electron chi connectivity index (χ4n) is 4.20. The van der Waals surface area contributed by atoms with E-state index < -0.39 is 0 Å². The van der Waals surface area contributed by atoms with Gasteiger partial charge in [0.25, 0.3) is 0 Å². The topological polar surface area (TPSA) is 33.1 Å². The number of quaternary nitrogens is 1. The Morgan fingerprint density at radius 1 is 1.08 bits per heavy atom. The van der Waals surface area contributed by atoms with Crippen LogP contribution in [0.2, 0.25) is 0 Å². The molecule has 1 atom stereocenters. The number of hydrogen-bond donors (Lipinski definition) is 2. The maximum Gasteiger partial charge on any atom is 0.158 e. The lowest BCUT2D eigenvalue weighted by Crippen LogP contribution is -3.13. The molecule has 124 valence electrons. The van der Waals surface area contributed by atoms with E-state index in [9.17, 15) is 0 Å². The van der Waals surface area contributed by atoms with E-state index in [1.807, 2.05) is 12.3 Å². The van der Waals surface area contributed by atoms with Gasteiger partial charge in [0, 0.05) is 28.4 Å². The molecule has 0 spiro atoms. The fourth-order valence-corrected chi connectivity index (χ4v) is 4.20. The molecule has 3 heteroatoms. The van der Waals surface area contributed by atoms with E-state index in [-0.39, 0.29) is 0 Å². The molecule has 3 aromatic rings. The Morgan fingerprint density at radius 3 is 2.58 bits per heavy atom. The monoisotopic (exact) mass is 320 g/mol. The Hall–Kier alpha value is -2.13. The van der Waals surface area contributed by atoms with Crippen molar-refractivity contribution in [1.82, 2.24) is 9.97 Å². The van der Waals surface area contributed by atoms with Crippen molar-refractivity contribution in [2.75, 3.05) is 13.1 Å². The summed E-state index contributed by atoms with van der Waals surface area (Å²) in [7, 11) is 0. The Morgan fingerprint density at radius 2 is 1.83 bits per heavy atom. The minimum absolute atomic E-state index is 0.315. The number of aromatic amines is 1. The van der Waals surface area contributed by atoms with Crippen molar-refractivity contribution in [2.24, 2.45) is 5.92 Å².